The summed E-state index contributed by atoms with van der Waals surface area (Å²) in [4.78, 5) is 4.50. The zero-order chi connectivity index (χ0) is 14.0. The van der Waals surface area contributed by atoms with Crippen LogP contribution in [0.3, 0.4) is 0 Å². The van der Waals surface area contributed by atoms with Crippen molar-refractivity contribution in [2.45, 2.75) is 18.3 Å². The highest BCUT2D eigenvalue weighted by molar-refractivity contribution is 9.10. The summed E-state index contributed by atoms with van der Waals surface area (Å²) in [6.07, 6.45) is 3.61. The Morgan fingerprint density at radius 2 is 2.10 bits per heavy atom. The molecule has 104 valence electrons. The molecule has 0 saturated carbocycles. The Hall–Kier alpha value is -1.39. The van der Waals surface area contributed by atoms with E-state index < -0.39 is 0 Å². The molecule has 0 bridgehead atoms. The van der Waals surface area contributed by atoms with Gasteiger partial charge in [-0.3, -0.25) is 4.98 Å². The lowest BCUT2D eigenvalue weighted by atomic mass is 9.72. The summed E-state index contributed by atoms with van der Waals surface area (Å²) in [5, 5.41) is 0. The molecule has 1 aliphatic rings. The molecule has 2 heterocycles. The van der Waals surface area contributed by atoms with Gasteiger partial charge in [0.15, 0.2) is 0 Å². The third-order valence-electron chi connectivity index (χ3n) is 4.00. The molecule has 1 atom stereocenters. The summed E-state index contributed by atoms with van der Waals surface area (Å²) >= 11 is 3.42. The van der Waals surface area contributed by atoms with Gasteiger partial charge < -0.3 is 10.5 Å². The van der Waals surface area contributed by atoms with E-state index in [0.29, 0.717) is 13.2 Å². The minimum atomic E-state index is -0.0737. The minimum Gasteiger partial charge on any atom is -0.493 e. The van der Waals surface area contributed by atoms with Gasteiger partial charge in [0.05, 0.1) is 6.61 Å². The normalized spacial score (nSPS) is 21.1. The molecule has 1 aromatic heterocycles. The number of aromatic nitrogens is 1. The van der Waals surface area contributed by atoms with E-state index in [1.54, 1.807) is 0 Å². The summed E-state index contributed by atoms with van der Waals surface area (Å²) < 4.78 is 6.75. The number of rotatable bonds is 3. The summed E-state index contributed by atoms with van der Waals surface area (Å²) in [7, 11) is 0. The molecular formula is C16H17BrN2O. The highest BCUT2D eigenvalue weighted by atomic mass is 79.9. The Morgan fingerprint density at radius 3 is 2.85 bits per heavy atom. The lowest BCUT2D eigenvalue weighted by molar-refractivity contribution is 0.215. The molecule has 1 aliphatic heterocycles. The van der Waals surface area contributed by atoms with E-state index in [-0.39, 0.29) is 5.41 Å². The van der Waals surface area contributed by atoms with Crippen LogP contribution in [-0.2, 0) is 11.8 Å². The number of nitrogens with two attached hydrogens (primary N) is 1. The Bertz CT molecular complexity index is 600. The van der Waals surface area contributed by atoms with Crippen LogP contribution in [0.4, 0.5) is 0 Å². The van der Waals surface area contributed by atoms with Crippen LogP contribution < -0.4 is 10.5 Å². The van der Waals surface area contributed by atoms with Gasteiger partial charge >= 0.3 is 0 Å². The highest BCUT2D eigenvalue weighted by Gasteiger charge is 2.36. The number of benzene rings is 1. The molecule has 3 rings (SSSR count). The average molecular weight is 333 g/mol. The predicted molar refractivity (Wildman–Crippen MR) is 82.9 cm³/mol. The molecule has 4 heteroatoms. The molecule has 0 saturated heterocycles. The number of hydrogen-bond acceptors (Lipinski definition) is 3. The van der Waals surface area contributed by atoms with Crippen LogP contribution >= 0.6 is 15.9 Å². The first-order valence-corrected chi connectivity index (χ1v) is 7.56. The van der Waals surface area contributed by atoms with Crippen molar-refractivity contribution in [2.24, 2.45) is 5.73 Å². The number of ether oxygens (including phenoxy) is 1. The van der Waals surface area contributed by atoms with E-state index in [1.807, 2.05) is 30.5 Å². The first-order valence-electron chi connectivity index (χ1n) is 6.76. The van der Waals surface area contributed by atoms with Crippen molar-refractivity contribution < 1.29 is 4.74 Å². The number of halogens is 1. The zero-order valence-corrected chi connectivity index (χ0v) is 12.8. The fourth-order valence-corrected chi connectivity index (χ4v) is 3.08. The summed E-state index contributed by atoms with van der Waals surface area (Å²) in [6.45, 7) is 1.32. The largest absolute Gasteiger partial charge is 0.493 e. The second kappa shape index (κ2) is 5.54. The van der Waals surface area contributed by atoms with Crippen molar-refractivity contribution in [1.82, 2.24) is 4.98 Å². The summed E-state index contributed by atoms with van der Waals surface area (Å²) in [5.74, 6) is 0.960. The Kier molecular flexibility index (Phi) is 3.76. The number of fused-ring (bicyclic) bond motifs is 1. The van der Waals surface area contributed by atoms with Crippen molar-refractivity contribution in [3.8, 4) is 5.75 Å². The monoisotopic (exact) mass is 332 g/mol. The highest BCUT2D eigenvalue weighted by Crippen LogP contribution is 2.40. The van der Waals surface area contributed by atoms with Crippen LogP contribution in [-0.4, -0.2) is 18.1 Å². The molecule has 0 aliphatic carbocycles. The van der Waals surface area contributed by atoms with Gasteiger partial charge in [-0.25, -0.2) is 0 Å². The zero-order valence-electron chi connectivity index (χ0n) is 11.2. The van der Waals surface area contributed by atoms with Crippen molar-refractivity contribution in [2.75, 3.05) is 13.2 Å². The van der Waals surface area contributed by atoms with Gasteiger partial charge in [0, 0.05) is 40.3 Å². The van der Waals surface area contributed by atoms with Crippen LogP contribution in [0, 0.1) is 0 Å². The summed E-state index contributed by atoms with van der Waals surface area (Å²) in [6, 6.07) is 12.3. The topological polar surface area (TPSA) is 48.1 Å². The molecule has 1 unspecified atom stereocenters. The Labute approximate surface area is 127 Å². The van der Waals surface area contributed by atoms with Gasteiger partial charge in [0.1, 0.15) is 5.75 Å². The van der Waals surface area contributed by atoms with E-state index in [4.69, 9.17) is 10.5 Å². The number of nitrogens with zero attached hydrogens (tertiary/aromatic N) is 1. The molecule has 0 amide bonds. The Balaban J connectivity index is 1.98. The predicted octanol–water partition coefficient (Wildman–Crippen LogP) is 3.07. The van der Waals surface area contributed by atoms with Gasteiger partial charge in [-0.15, -0.1) is 0 Å². The van der Waals surface area contributed by atoms with Crippen molar-refractivity contribution >= 4 is 15.9 Å². The van der Waals surface area contributed by atoms with Crippen molar-refractivity contribution in [3.05, 3.63) is 58.3 Å². The third-order valence-corrected chi connectivity index (χ3v) is 4.46. The van der Waals surface area contributed by atoms with Gasteiger partial charge in [-0.2, -0.15) is 0 Å². The lowest BCUT2D eigenvalue weighted by Gasteiger charge is -2.38. The third kappa shape index (κ3) is 2.45. The van der Waals surface area contributed by atoms with E-state index in [0.717, 1.165) is 28.8 Å². The van der Waals surface area contributed by atoms with Crippen molar-refractivity contribution in [1.29, 1.82) is 0 Å². The van der Waals surface area contributed by atoms with Crippen LogP contribution in [0.15, 0.2) is 47.1 Å². The van der Waals surface area contributed by atoms with Gasteiger partial charge in [-0.1, -0.05) is 18.2 Å². The van der Waals surface area contributed by atoms with E-state index in [1.165, 1.54) is 5.56 Å². The lowest BCUT2D eigenvalue weighted by Crippen LogP contribution is -2.42. The standard InChI is InChI=1S/C16H17BrN2O/c17-12-5-6-13(19-10-12)9-16(11-18)7-8-20-15-4-2-1-3-14(15)16/h1-6,10H,7-9,11,18H2. The van der Waals surface area contributed by atoms with Crippen LogP contribution in [0.25, 0.3) is 0 Å². The van der Waals surface area contributed by atoms with E-state index >= 15 is 0 Å². The fraction of sp³-hybridized carbons (Fsp3) is 0.312. The number of pyridine rings is 1. The minimum absolute atomic E-state index is 0.0737. The molecule has 0 spiro atoms. The molecule has 0 fully saturated rings. The maximum absolute atomic E-state index is 6.14. The molecule has 2 N–H and O–H groups in total. The quantitative estimate of drug-likeness (QED) is 0.939. The maximum atomic E-state index is 6.14. The second-order valence-electron chi connectivity index (χ2n) is 5.22. The van der Waals surface area contributed by atoms with Gasteiger partial charge in [0.25, 0.3) is 0 Å². The van der Waals surface area contributed by atoms with Gasteiger partial charge in [-0.05, 0) is 40.5 Å². The number of hydrogen-bond donors (Lipinski definition) is 1. The average Bonchev–Trinajstić information content (AvgIpc) is 2.50. The summed E-state index contributed by atoms with van der Waals surface area (Å²) in [5.41, 5.74) is 8.34. The molecule has 1 aromatic carbocycles. The van der Waals surface area contributed by atoms with Crippen molar-refractivity contribution in [3.63, 3.8) is 0 Å². The molecule has 20 heavy (non-hydrogen) atoms. The fourth-order valence-electron chi connectivity index (χ4n) is 2.85. The first kappa shape index (κ1) is 13.6. The molecule has 3 nitrogen and oxygen atoms in total. The SMILES string of the molecule is NCC1(Cc2ccc(Br)cn2)CCOc2ccccc21. The number of para-hydroxylation sites is 1. The van der Waals surface area contributed by atoms with Crippen LogP contribution in [0.2, 0.25) is 0 Å². The smallest absolute Gasteiger partial charge is 0.123 e. The molecular weight excluding hydrogens is 316 g/mol. The van der Waals surface area contributed by atoms with Crippen LogP contribution in [0.5, 0.6) is 5.75 Å². The van der Waals surface area contributed by atoms with Gasteiger partial charge in [0.2, 0.25) is 0 Å². The van der Waals surface area contributed by atoms with Crippen LogP contribution in [0.1, 0.15) is 17.7 Å². The Morgan fingerprint density at radius 1 is 1.25 bits per heavy atom. The second-order valence-corrected chi connectivity index (χ2v) is 6.14. The maximum Gasteiger partial charge on any atom is 0.123 e. The molecule has 0 radical (unpaired) electrons. The molecule has 2 aromatic rings. The van der Waals surface area contributed by atoms with E-state index in [9.17, 15) is 0 Å². The first-order chi connectivity index (χ1) is 9.73. The van der Waals surface area contributed by atoms with E-state index in [2.05, 4.69) is 33.0 Å².